The number of rotatable bonds is 4. The van der Waals surface area contributed by atoms with Gasteiger partial charge in [-0.2, -0.15) is 0 Å². The van der Waals surface area contributed by atoms with Gasteiger partial charge >= 0.3 is 0 Å². The molecule has 0 bridgehead atoms. The average Bonchev–Trinajstić information content (AvgIpc) is 2.38. The molecule has 0 heterocycles. The lowest BCUT2D eigenvalue weighted by Gasteiger charge is -2.16. The molecular formula is C14H16PS+. The van der Waals surface area contributed by atoms with Gasteiger partial charge in [0.25, 0.3) is 0 Å². The average molecular weight is 247 g/mol. The molecule has 0 nitrogen and oxygen atoms in total. The summed E-state index contributed by atoms with van der Waals surface area (Å²) in [4.78, 5) is 0. The van der Waals surface area contributed by atoms with Crippen LogP contribution in [0.15, 0.2) is 60.7 Å². The third-order valence-electron chi connectivity index (χ3n) is 2.47. The summed E-state index contributed by atoms with van der Waals surface area (Å²) in [5, 5.41) is 2.92. The molecule has 2 rings (SSSR count). The van der Waals surface area contributed by atoms with Crippen molar-refractivity contribution in [1.29, 1.82) is 0 Å². The van der Waals surface area contributed by atoms with Gasteiger partial charge in [0.15, 0.2) is 0 Å². The van der Waals surface area contributed by atoms with E-state index in [1.807, 2.05) is 0 Å². The molecule has 0 fully saturated rings. The van der Waals surface area contributed by atoms with Crippen molar-refractivity contribution in [3.05, 3.63) is 60.7 Å². The fraction of sp³-hybridized carbons (Fsp3) is 0.143. The molecule has 0 radical (unpaired) electrons. The minimum absolute atomic E-state index is 0.200. The normalized spacial score (nSPS) is 10.6. The van der Waals surface area contributed by atoms with Gasteiger partial charge in [0.1, 0.15) is 5.75 Å². The second kappa shape index (κ2) is 6.08. The highest BCUT2D eigenvalue weighted by Crippen LogP contribution is 2.32. The molecule has 2 aromatic carbocycles. The quantitative estimate of drug-likeness (QED) is 0.573. The van der Waals surface area contributed by atoms with Crippen molar-refractivity contribution in [1.82, 2.24) is 0 Å². The lowest BCUT2D eigenvalue weighted by Crippen LogP contribution is -2.14. The van der Waals surface area contributed by atoms with E-state index in [2.05, 4.69) is 73.3 Å². The molecular weight excluding hydrogens is 231 g/mol. The van der Waals surface area contributed by atoms with Gasteiger partial charge in [-0.1, -0.05) is 60.7 Å². The largest absolute Gasteiger partial charge is 0.108 e. The standard InChI is InChI=1S/C14H15PS/c16-12-11-15(13-7-3-1-4-8-13)14-9-5-2-6-10-14/h1-10,16H,11-12H2/p+1. The molecule has 0 unspecified atom stereocenters. The molecule has 0 amide bonds. The molecule has 2 heteroatoms. The van der Waals surface area contributed by atoms with Crippen LogP contribution in [0.25, 0.3) is 0 Å². The van der Waals surface area contributed by atoms with Gasteiger partial charge in [0.2, 0.25) is 0 Å². The summed E-state index contributed by atoms with van der Waals surface area (Å²) in [6, 6.07) is 21.6. The second-order valence-corrected chi connectivity index (χ2v) is 6.41. The van der Waals surface area contributed by atoms with Crippen LogP contribution in [0.1, 0.15) is 0 Å². The van der Waals surface area contributed by atoms with Crippen molar-refractivity contribution in [2.45, 2.75) is 0 Å². The summed E-state index contributed by atoms with van der Waals surface area (Å²) >= 11 is 3.61. The summed E-state index contributed by atoms with van der Waals surface area (Å²) in [7, 11) is -0.200. The van der Waals surface area contributed by atoms with Crippen molar-refractivity contribution in [2.24, 2.45) is 0 Å². The molecule has 0 N–H and O–H groups in total. The minimum atomic E-state index is -0.200. The Kier molecular flexibility index (Phi) is 4.44. The third kappa shape index (κ3) is 2.87. The van der Waals surface area contributed by atoms with Crippen molar-refractivity contribution < 1.29 is 0 Å². The summed E-state index contributed by atoms with van der Waals surface area (Å²) < 4.78 is 0. The van der Waals surface area contributed by atoms with Crippen LogP contribution in [-0.4, -0.2) is 11.9 Å². The molecule has 2 aromatic rings. The van der Waals surface area contributed by atoms with Crippen molar-refractivity contribution in [3.63, 3.8) is 0 Å². The monoisotopic (exact) mass is 247 g/mol. The molecule has 16 heavy (non-hydrogen) atoms. The first-order valence-corrected chi connectivity index (χ1v) is 7.67. The Morgan fingerprint density at radius 2 is 1.19 bits per heavy atom. The smallest absolute Gasteiger partial charge is 0.0622 e. The van der Waals surface area contributed by atoms with Crippen molar-refractivity contribution in [2.75, 3.05) is 11.9 Å². The van der Waals surface area contributed by atoms with Crippen LogP contribution in [-0.2, 0) is 12.6 Å². The maximum Gasteiger partial charge on any atom is 0.108 e. The van der Waals surface area contributed by atoms with E-state index < -0.39 is 0 Å². The first kappa shape index (κ1) is 11.7. The van der Waals surface area contributed by atoms with Crippen LogP contribution in [0.4, 0.5) is 0 Å². The Labute approximate surface area is 104 Å². The fourth-order valence-electron chi connectivity index (χ4n) is 1.73. The van der Waals surface area contributed by atoms with Gasteiger partial charge in [-0.15, -0.1) is 0 Å². The predicted octanol–water partition coefficient (Wildman–Crippen LogP) is 2.13. The Morgan fingerprint density at radius 1 is 0.750 bits per heavy atom. The third-order valence-corrected chi connectivity index (χ3v) is 5.66. The fourth-order valence-corrected chi connectivity index (χ4v) is 4.51. The van der Waals surface area contributed by atoms with Crippen LogP contribution in [0.3, 0.4) is 0 Å². The first-order valence-electron chi connectivity index (χ1n) is 5.44. The maximum atomic E-state index is 3.61. The second-order valence-electron chi connectivity index (χ2n) is 3.57. The highest BCUT2D eigenvalue weighted by molar-refractivity contribution is 7.74. The van der Waals surface area contributed by atoms with E-state index in [1.165, 1.54) is 16.8 Å². The van der Waals surface area contributed by atoms with Gasteiger partial charge < -0.3 is 0 Å². The number of hydrogen-bond donors (Lipinski definition) is 0. The van der Waals surface area contributed by atoms with Crippen molar-refractivity contribution >= 4 is 31.2 Å². The molecule has 0 aliphatic rings. The highest BCUT2D eigenvalue weighted by Gasteiger charge is 2.12. The Hall–Kier alpha value is -0.780. The molecule has 0 atom stereocenters. The SMILES string of the molecule is [SH2+]CCP(c1ccccc1)c1ccccc1. The van der Waals surface area contributed by atoms with E-state index >= 15 is 0 Å². The summed E-state index contributed by atoms with van der Waals surface area (Å²) in [5.74, 6) is 1.05. The van der Waals surface area contributed by atoms with Crippen LogP contribution >= 0.6 is 7.92 Å². The molecule has 0 saturated heterocycles. The minimum Gasteiger partial charge on any atom is -0.0622 e. The molecule has 0 saturated carbocycles. The summed E-state index contributed by atoms with van der Waals surface area (Å²) in [6.45, 7) is 0. The molecule has 0 aliphatic carbocycles. The van der Waals surface area contributed by atoms with Crippen molar-refractivity contribution in [3.8, 4) is 0 Å². The van der Waals surface area contributed by atoms with Gasteiger partial charge in [0, 0.05) is 6.16 Å². The predicted molar refractivity (Wildman–Crippen MR) is 79.0 cm³/mol. The highest BCUT2D eigenvalue weighted by atomic mass is 32.1. The van der Waals surface area contributed by atoms with Crippen LogP contribution < -0.4 is 10.6 Å². The van der Waals surface area contributed by atoms with Crippen LogP contribution in [0, 0.1) is 0 Å². The number of benzene rings is 2. The van der Waals surface area contributed by atoms with E-state index in [0.717, 1.165) is 5.75 Å². The van der Waals surface area contributed by atoms with E-state index in [-0.39, 0.29) is 7.92 Å². The van der Waals surface area contributed by atoms with E-state index in [9.17, 15) is 0 Å². The molecule has 0 aliphatic heterocycles. The maximum absolute atomic E-state index is 3.61. The van der Waals surface area contributed by atoms with Crippen LogP contribution in [0.5, 0.6) is 0 Å². The lowest BCUT2D eigenvalue weighted by atomic mass is 10.4. The Morgan fingerprint density at radius 3 is 1.56 bits per heavy atom. The van der Waals surface area contributed by atoms with Gasteiger partial charge in [-0.3, -0.25) is 0 Å². The lowest BCUT2D eigenvalue weighted by molar-refractivity contribution is 1.54. The van der Waals surface area contributed by atoms with E-state index in [0.29, 0.717) is 0 Å². The van der Waals surface area contributed by atoms with Crippen LogP contribution in [0.2, 0.25) is 0 Å². The first-order chi connectivity index (χ1) is 7.92. The molecule has 0 spiro atoms. The van der Waals surface area contributed by atoms with Gasteiger partial charge in [0.05, 0.1) is 0 Å². The zero-order valence-electron chi connectivity index (χ0n) is 9.13. The van der Waals surface area contributed by atoms with E-state index in [1.54, 1.807) is 0 Å². The van der Waals surface area contributed by atoms with Gasteiger partial charge in [-0.25, -0.2) is 0 Å². The molecule has 0 aromatic heterocycles. The van der Waals surface area contributed by atoms with E-state index in [4.69, 9.17) is 0 Å². The Balaban J connectivity index is 2.31. The zero-order valence-corrected chi connectivity index (χ0v) is 11.0. The zero-order chi connectivity index (χ0) is 11.2. The molecule has 82 valence electrons. The summed E-state index contributed by atoms with van der Waals surface area (Å²) in [6.07, 6.45) is 1.19. The topological polar surface area (TPSA) is 0 Å². The van der Waals surface area contributed by atoms with Gasteiger partial charge in [-0.05, 0) is 31.2 Å². The summed E-state index contributed by atoms with van der Waals surface area (Å²) in [5.41, 5.74) is 0. The number of hydrogen-bond acceptors (Lipinski definition) is 0. The Bertz CT molecular complexity index is 374.